The van der Waals surface area contributed by atoms with Crippen molar-refractivity contribution in [1.82, 2.24) is 24.8 Å². The normalized spacial score (nSPS) is 15.7. The number of nitrogens with zero attached hydrogens (tertiary/aromatic N) is 3. The van der Waals surface area contributed by atoms with Crippen molar-refractivity contribution >= 4 is 9.84 Å². The number of hydrogen-bond donors (Lipinski definition) is 2. The highest BCUT2D eigenvalue weighted by atomic mass is 32.2. The van der Waals surface area contributed by atoms with Crippen LogP contribution in [0, 0.1) is 6.92 Å². The van der Waals surface area contributed by atoms with Crippen LogP contribution < -0.4 is 5.56 Å². The van der Waals surface area contributed by atoms with E-state index in [1.165, 1.54) is 0 Å². The number of nitrogens with one attached hydrogen (secondary N) is 2. The predicted octanol–water partition coefficient (Wildman–Crippen LogP) is -0.237. The van der Waals surface area contributed by atoms with Crippen LogP contribution in [0.5, 0.6) is 0 Å². The lowest BCUT2D eigenvalue weighted by molar-refractivity contribution is 0.238. The Morgan fingerprint density at radius 1 is 1.36 bits per heavy atom. The van der Waals surface area contributed by atoms with Crippen LogP contribution >= 0.6 is 0 Å². The summed E-state index contributed by atoms with van der Waals surface area (Å²) in [5.74, 6) is 0.852. The molecule has 0 unspecified atom stereocenters. The molecule has 1 aliphatic rings. The Labute approximate surface area is 127 Å². The van der Waals surface area contributed by atoms with Gasteiger partial charge in [-0.25, -0.2) is 18.4 Å². The Balaban J connectivity index is 1.86. The van der Waals surface area contributed by atoms with Crippen LogP contribution in [-0.2, 0) is 29.3 Å². The quantitative estimate of drug-likeness (QED) is 0.754. The zero-order valence-electron chi connectivity index (χ0n) is 12.4. The smallest absolute Gasteiger partial charge is 0.256 e. The largest absolute Gasteiger partial charge is 0.345 e. The van der Waals surface area contributed by atoms with Gasteiger partial charge in [-0.1, -0.05) is 0 Å². The molecule has 0 spiro atoms. The minimum absolute atomic E-state index is 0.256. The van der Waals surface area contributed by atoms with Gasteiger partial charge in [-0.05, 0) is 6.92 Å². The molecule has 0 aromatic carbocycles. The number of sulfone groups is 1. The van der Waals surface area contributed by atoms with Gasteiger partial charge in [-0.15, -0.1) is 0 Å². The van der Waals surface area contributed by atoms with Crippen molar-refractivity contribution in [2.45, 2.75) is 31.6 Å². The van der Waals surface area contributed by atoms with E-state index in [1.807, 2.05) is 6.92 Å². The van der Waals surface area contributed by atoms with Crippen molar-refractivity contribution in [3.63, 3.8) is 0 Å². The highest BCUT2D eigenvalue weighted by Gasteiger charge is 2.23. The number of aromatic nitrogens is 4. The van der Waals surface area contributed by atoms with Gasteiger partial charge in [-0.3, -0.25) is 14.7 Å². The molecule has 2 N–H and O–H groups in total. The standard InChI is InChI=1S/C13H17N5O3S/c1-8-14-5-9(15-8)6-18-4-3-11-10(7-18)12(19)17-13(16-11)22(2,20)21/h5H,3-4,6-7H2,1-2H3,(H,14,15)(H,16,17,19). The summed E-state index contributed by atoms with van der Waals surface area (Å²) in [4.78, 5) is 28.0. The molecule has 2 aromatic heterocycles. The molecule has 2 aromatic rings. The Bertz CT molecular complexity index is 868. The number of rotatable bonds is 3. The molecule has 1 aliphatic heterocycles. The van der Waals surface area contributed by atoms with Crippen LogP contribution in [0.4, 0.5) is 0 Å². The molecule has 8 nitrogen and oxygen atoms in total. The second kappa shape index (κ2) is 5.33. The van der Waals surface area contributed by atoms with Gasteiger partial charge in [0, 0.05) is 44.2 Å². The van der Waals surface area contributed by atoms with Gasteiger partial charge in [0.05, 0.1) is 11.3 Å². The number of fused-ring (bicyclic) bond motifs is 1. The van der Waals surface area contributed by atoms with E-state index in [1.54, 1.807) is 6.20 Å². The summed E-state index contributed by atoms with van der Waals surface area (Å²) in [6.45, 7) is 3.70. The average Bonchev–Trinajstić information content (AvgIpc) is 2.83. The lowest BCUT2D eigenvalue weighted by atomic mass is 10.1. The van der Waals surface area contributed by atoms with Crippen molar-refractivity contribution in [3.05, 3.63) is 39.3 Å². The van der Waals surface area contributed by atoms with Gasteiger partial charge in [0.2, 0.25) is 15.0 Å². The number of H-pyrrole nitrogens is 2. The van der Waals surface area contributed by atoms with Crippen molar-refractivity contribution in [2.24, 2.45) is 0 Å². The molecule has 0 bridgehead atoms. The Kier molecular flexibility index (Phi) is 3.61. The van der Waals surface area contributed by atoms with E-state index < -0.39 is 9.84 Å². The number of imidazole rings is 1. The van der Waals surface area contributed by atoms with Crippen LogP contribution in [-0.4, -0.2) is 46.1 Å². The van der Waals surface area contributed by atoms with E-state index in [9.17, 15) is 13.2 Å². The van der Waals surface area contributed by atoms with Gasteiger partial charge < -0.3 is 4.98 Å². The SMILES string of the molecule is Cc1ncc(CN2CCc3nc(S(C)(=O)=O)[nH]c(=O)c3C2)[nH]1. The topological polar surface area (TPSA) is 112 Å². The van der Waals surface area contributed by atoms with Crippen LogP contribution in [0.15, 0.2) is 16.1 Å². The first-order chi connectivity index (χ1) is 10.3. The van der Waals surface area contributed by atoms with Crippen molar-refractivity contribution < 1.29 is 8.42 Å². The first kappa shape index (κ1) is 14.9. The third kappa shape index (κ3) is 2.95. The van der Waals surface area contributed by atoms with Crippen LogP contribution in [0.1, 0.15) is 22.8 Å². The highest BCUT2D eigenvalue weighted by molar-refractivity contribution is 7.90. The van der Waals surface area contributed by atoms with Crippen molar-refractivity contribution in [2.75, 3.05) is 12.8 Å². The minimum Gasteiger partial charge on any atom is -0.345 e. The minimum atomic E-state index is -3.51. The summed E-state index contributed by atoms with van der Waals surface area (Å²) in [5.41, 5.74) is 1.71. The summed E-state index contributed by atoms with van der Waals surface area (Å²) >= 11 is 0. The molecule has 0 saturated carbocycles. The Morgan fingerprint density at radius 2 is 2.14 bits per heavy atom. The molecule has 0 atom stereocenters. The number of aryl methyl sites for hydroxylation is 1. The molecule has 22 heavy (non-hydrogen) atoms. The highest BCUT2D eigenvalue weighted by Crippen LogP contribution is 2.16. The average molecular weight is 323 g/mol. The first-order valence-electron chi connectivity index (χ1n) is 6.88. The number of hydrogen-bond acceptors (Lipinski definition) is 6. The summed E-state index contributed by atoms with van der Waals surface area (Å²) < 4.78 is 23.0. The zero-order valence-corrected chi connectivity index (χ0v) is 13.2. The van der Waals surface area contributed by atoms with Crippen molar-refractivity contribution in [3.8, 4) is 0 Å². The van der Waals surface area contributed by atoms with E-state index >= 15 is 0 Å². The van der Waals surface area contributed by atoms with Crippen LogP contribution in [0.2, 0.25) is 0 Å². The molecular weight excluding hydrogens is 306 g/mol. The molecule has 0 aliphatic carbocycles. The maximum Gasteiger partial charge on any atom is 0.256 e. The lowest BCUT2D eigenvalue weighted by Gasteiger charge is -2.26. The third-order valence-electron chi connectivity index (χ3n) is 3.63. The summed E-state index contributed by atoms with van der Waals surface area (Å²) in [6.07, 6.45) is 3.36. The molecule has 0 fully saturated rings. The van der Waals surface area contributed by atoms with Gasteiger partial charge in [-0.2, -0.15) is 0 Å². The molecular formula is C13H17N5O3S. The van der Waals surface area contributed by atoms with E-state index in [-0.39, 0.29) is 10.7 Å². The van der Waals surface area contributed by atoms with E-state index in [0.29, 0.717) is 37.3 Å². The first-order valence-corrected chi connectivity index (χ1v) is 8.77. The van der Waals surface area contributed by atoms with E-state index in [0.717, 1.165) is 17.8 Å². The molecule has 3 rings (SSSR count). The second-order valence-electron chi connectivity index (χ2n) is 5.52. The monoisotopic (exact) mass is 323 g/mol. The van der Waals surface area contributed by atoms with Gasteiger partial charge >= 0.3 is 0 Å². The summed E-state index contributed by atoms with van der Waals surface area (Å²) in [6, 6.07) is 0. The zero-order chi connectivity index (χ0) is 15.9. The molecule has 0 radical (unpaired) electrons. The van der Waals surface area contributed by atoms with Crippen molar-refractivity contribution in [1.29, 1.82) is 0 Å². The fourth-order valence-corrected chi connectivity index (χ4v) is 3.12. The molecule has 3 heterocycles. The van der Waals surface area contributed by atoms with E-state index in [2.05, 4.69) is 24.8 Å². The second-order valence-corrected chi connectivity index (χ2v) is 7.45. The maximum absolute atomic E-state index is 12.1. The molecule has 0 amide bonds. The Morgan fingerprint density at radius 3 is 2.77 bits per heavy atom. The predicted molar refractivity (Wildman–Crippen MR) is 79.1 cm³/mol. The van der Waals surface area contributed by atoms with Gasteiger partial charge in [0.1, 0.15) is 5.82 Å². The summed E-state index contributed by atoms with van der Waals surface area (Å²) in [7, 11) is -3.51. The fraction of sp³-hybridized carbons (Fsp3) is 0.462. The van der Waals surface area contributed by atoms with Gasteiger partial charge in [0.15, 0.2) is 0 Å². The molecule has 9 heteroatoms. The van der Waals surface area contributed by atoms with E-state index in [4.69, 9.17) is 0 Å². The summed E-state index contributed by atoms with van der Waals surface area (Å²) in [5, 5.41) is -0.256. The third-order valence-corrected chi connectivity index (χ3v) is 4.52. The van der Waals surface area contributed by atoms with Gasteiger partial charge in [0.25, 0.3) is 5.56 Å². The molecule has 118 valence electrons. The lowest BCUT2D eigenvalue weighted by Crippen LogP contribution is -2.36. The fourth-order valence-electron chi connectivity index (χ4n) is 2.56. The van der Waals surface area contributed by atoms with Crippen LogP contribution in [0.3, 0.4) is 0 Å². The number of aromatic amines is 2. The Hall–Kier alpha value is -2.00. The maximum atomic E-state index is 12.1. The molecule has 0 saturated heterocycles. The van der Waals surface area contributed by atoms with Crippen LogP contribution in [0.25, 0.3) is 0 Å².